The molecule has 0 radical (unpaired) electrons. The van der Waals surface area contributed by atoms with Gasteiger partial charge in [0, 0.05) is 0 Å². The molecule has 0 saturated carbocycles. The first-order valence-electron chi connectivity index (χ1n) is 7.21. The smallest absolute Gasteiger partial charge is 0.186 e. The Labute approximate surface area is 120 Å². The summed E-state index contributed by atoms with van der Waals surface area (Å²) in [5.41, 5.74) is 0. The third-order valence-corrected chi connectivity index (χ3v) is 4.32. The number of rotatable bonds is 6. The molecule has 120 valence electrons. The van der Waals surface area contributed by atoms with Crippen molar-refractivity contribution in [1.29, 1.82) is 0 Å². The van der Waals surface area contributed by atoms with Crippen molar-refractivity contribution < 1.29 is 29.9 Å². The summed E-state index contributed by atoms with van der Waals surface area (Å²) < 4.78 is 10.8. The monoisotopic (exact) mass is 292 g/mol. The minimum absolute atomic E-state index is 0.266. The van der Waals surface area contributed by atoms with Crippen LogP contribution in [0.1, 0.15) is 27.7 Å². The summed E-state index contributed by atoms with van der Waals surface area (Å²) in [7, 11) is 0. The van der Waals surface area contributed by atoms with Gasteiger partial charge in [0.1, 0.15) is 24.4 Å². The highest BCUT2D eigenvalue weighted by atomic mass is 16.7. The number of hydrogen-bond donors (Lipinski definition) is 4. The van der Waals surface area contributed by atoms with Gasteiger partial charge in [-0.15, -0.1) is 0 Å². The van der Waals surface area contributed by atoms with E-state index in [0.717, 1.165) is 0 Å². The van der Waals surface area contributed by atoms with Crippen molar-refractivity contribution in [2.45, 2.75) is 58.4 Å². The molecule has 7 atom stereocenters. The van der Waals surface area contributed by atoms with Crippen LogP contribution < -0.4 is 0 Å². The maximum absolute atomic E-state index is 9.84. The lowest BCUT2D eigenvalue weighted by molar-refractivity contribution is -0.303. The van der Waals surface area contributed by atoms with Crippen LogP contribution in [-0.4, -0.2) is 64.3 Å². The molecule has 0 aromatic heterocycles. The van der Waals surface area contributed by atoms with Crippen molar-refractivity contribution in [3.8, 4) is 0 Å². The molecule has 6 heteroatoms. The lowest BCUT2D eigenvalue weighted by Crippen LogP contribution is -2.59. The highest BCUT2D eigenvalue weighted by molar-refractivity contribution is 4.88. The Balaban J connectivity index is 2.54. The topological polar surface area (TPSA) is 99.4 Å². The minimum Gasteiger partial charge on any atom is -0.394 e. The van der Waals surface area contributed by atoms with Gasteiger partial charge in [-0.05, 0) is 17.8 Å². The first-order valence-corrected chi connectivity index (χ1v) is 7.21. The zero-order valence-electron chi connectivity index (χ0n) is 12.6. The van der Waals surface area contributed by atoms with Crippen LogP contribution in [0.5, 0.6) is 0 Å². The molecule has 0 amide bonds. The Bertz CT molecular complexity index is 283. The Morgan fingerprint density at radius 3 is 2.10 bits per heavy atom. The predicted octanol–water partition coefficient (Wildman–Crippen LogP) is -0.269. The van der Waals surface area contributed by atoms with E-state index in [9.17, 15) is 15.3 Å². The summed E-state index contributed by atoms with van der Waals surface area (Å²) in [6.45, 7) is 8.38. The van der Waals surface area contributed by atoms with Gasteiger partial charge in [-0.25, -0.2) is 0 Å². The van der Waals surface area contributed by atoms with Gasteiger partial charge in [-0.2, -0.15) is 0 Å². The molecular weight excluding hydrogens is 264 g/mol. The van der Waals surface area contributed by atoms with E-state index in [0.29, 0.717) is 18.4 Å². The molecule has 3 unspecified atom stereocenters. The Kier molecular flexibility index (Phi) is 6.84. The number of ether oxygens (including phenoxy) is 2. The van der Waals surface area contributed by atoms with Gasteiger partial charge in [-0.3, -0.25) is 0 Å². The van der Waals surface area contributed by atoms with E-state index in [1.165, 1.54) is 0 Å². The zero-order chi connectivity index (χ0) is 15.4. The third-order valence-electron chi connectivity index (χ3n) is 4.32. The SMILES string of the molecule is CC(C)[C@@H](C)[C@@H](C)CO[C@H]1OC(CO)[C@H](O)C(O)C1O. The maximum Gasteiger partial charge on any atom is 0.186 e. The van der Waals surface area contributed by atoms with E-state index in [1.807, 2.05) is 0 Å². The van der Waals surface area contributed by atoms with E-state index >= 15 is 0 Å². The van der Waals surface area contributed by atoms with Crippen molar-refractivity contribution in [1.82, 2.24) is 0 Å². The number of aliphatic hydroxyl groups is 4. The second-order valence-electron chi connectivity index (χ2n) is 6.11. The van der Waals surface area contributed by atoms with Gasteiger partial charge in [-0.1, -0.05) is 27.7 Å². The van der Waals surface area contributed by atoms with Crippen LogP contribution in [0.4, 0.5) is 0 Å². The molecule has 0 aromatic carbocycles. The number of hydrogen-bond acceptors (Lipinski definition) is 6. The molecule has 1 aliphatic rings. The molecule has 1 saturated heterocycles. The predicted molar refractivity (Wildman–Crippen MR) is 72.9 cm³/mol. The lowest BCUT2D eigenvalue weighted by atomic mass is 9.87. The van der Waals surface area contributed by atoms with Gasteiger partial charge in [0.2, 0.25) is 0 Å². The van der Waals surface area contributed by atoms with E-state index < -0.39 is 37.3 Å². The largest absolute Gasteiger partial charge is 0.394 e. The molecule has 20 heavy (non-hydrogen) atoms. The molecule has 1 heterocycles. The van der Waals surface area contributed by atoms with E-state index in [2.05, 4.69) is 27.7 Å². The van der Waals surface area contributed by atoms with E-state index in [1.54, 1.807) is 0 Å². The Hall–Kier alpha value is -0.240. The molecule has 4 N–H and O–H groups in total. The Morgan fingerprint density at radius 1 is 1.00 bits per heavy atom. The molecule has 1 fully saturated rings. The quantitative estimate of drug-likeness (QED) is 0.538. The van der Waals surface area contributed by atoms with Crippen molar-refractivity contribution >= 4 is 0 Å². The van der Waals surface area contributed by atoms with Crippen molar-refractivity contribution in [3.63, 3.8) is 0 Å². The molecule has 1 aliphatic heterocycles. The molecule has 1 rings (SSSR count). The van der Waals surface area contributed by atoms with Gasteiger partial charge >= 0.3 is 0 Å². The highest BCUT2D eigenvalue weighted by Crippen LogP contribution is 2.25. The van der Waals surface area contributed by atoms with Crippen molar-refractivity contribution in [2.75, 3.05) is 13.2 Å². The molecule has 0 spiro atoms. The van der Waals surface area contributed by atoms with Crippen LogP contribution in [0, 0.1) is 17.8 Å². The molecule has 0 aliphatic carbocycles. The highest BCUT2D eigenvalue weighted by Gasteiger charge is 2.44. The zero-order valence-corrected chi connectivity index (χ0v) is 12.6. The van der Waals surface area contributed by atoms with Crippen LogP contribution >= 0.6 is 0 Å². The summed E-state index contributed by atoms with van der Waals surface area (Å²) in [5.74, 6) is 1.23. The average molecular weight is 292 g/mol. The standard InChI is InChI=1S/C14H28O6/c1-7(2)9(4)8(3)6-19-14-13(18)12(17)11(16)10(5-15)20-14/h7-18H,5-6H2,1-4H3/t8-,9+,10?,11-,12?,13?,14-/m0/s1. The maximum atomic E-state index is 9.84. The van der Waals surface area contributed by atoms with Crippen LogP contribution in [0.25, 0.3) is 0 Å². The lowest BCUT2D eigenvalue weighted by Gasteiger charge is -2.40. The minimum atomic E-state index is -1.39. The first-order chi connectivity index (χ1) is 9.29. The summed E-state index contributed by atoms with van der Waals surface area (Å²) in [5, 5.41) is 38.3. The third kappa shape index (κ3) is 4.13. The van der Waals surface area contributed by atoms with Crippen LogP contribution in [0.15, 0.2) is 0 Å². The molecule has 0 bridgehead atoms. The average Bonchev–Trinajstić information content (AvgIpc) is 2.42. The van der Waals surface area contributed by atoms with Gasteiger partial charge in [0.15, 0.2) is 6.29 Å². The summed E-state index contributed by atoms with van der Waals surface area (Å²) >= 11 is 0. The molecule has 6 nitrogen and oxygen atoms in total. The normalized spacial score (nSPS) is 38.0. The van der Waals surface area contributed by atoms with Gasteiger partial charge in [0.25, 0.3) is 0 Å². The number of aliphatic hydroxyl groups excluding tert-OH is 4. The second-order valence-corrected chi connectivity index (χ2v) is 6.11. The van der Waals surface area contributed by atoms with Crippen molar-refractivity contribution in [2.24, 2.45) is 17.8 Å². The fourth-order valence-corrected chi connectivity index (χ4v) is 2.26. The summed E-state index contributed by atoms with van der Waals surface area (Å²) in [6.07, 6.45) is -6.01. The van der Waals surface area contributed by atoms with E-state index in [-0.39, 0.29) is 5.92 Å². The van der Waals surface area contributed by atoms with Crippen molar-refractivity contribution in [3.05, 3.63) is 0 Å². The first kappa shape index (κ1) is 17.8. The van der Waals surface area contributed by atoms with Crippen LogP contribution in [-0.2, 0) is 9.47 Å². The fourth-order valence-electron chi connectivity index (χ4n) is 2.26. The van der Waals surface area contributed by atoms with Crippen LogP contribution in [0.2, 0.25) is 0 Å². The second kappa shape index (κ2) is 7.68. The van der Waals surface area contributed by atoms with Gasteiger partial charge in [0.05, 0.1) is 13.2 Å². The van der Waals surface area contributed by atoms with E-state index in [4.69, 9.17) is 14.6 Å². The van der Waals surface area contributed by atoms with Crippen LogP contribution in [0.3, 0.4) is 0 Å². The molecular formula is C14H28O6. The fraction of sp³-hybridized carbons (Fsp3) is 1.00. The Morgan fingerprint density at radius 2 is 1.60 bits per heavy atom. The molecule has 0 aromatic rings. The van der Waals surface area contributed by atoms with Gasteiger partial charge < -0.3 is 29.9 Å². The summed E-state index contributed by atoms with van der Waals surface area (Å²) in [6, 6.07) is 0. The summed E-state index contributed by atoms with van der Waals surface area (Å²) in [4.78, 5) is 0.